The van der Waals surface area contributed by atoms with E-state index in [9.17, 15) is 41.9 Å². The Labute approximate surface area is 329 Å². The van der Waals surface area contributed by atoms with Gasteiger partial charge in [0, 0.05) is 0 Å². The van der Waals surface area contributed by atoms with Crippen LogP contribution in [0, 0.1) is 35.5 Å². The van der Waals surface area contributed by atoms with Crippen molar-refractivity contribution >= 4 is 41.5 Å². The Morgan fingerprint density at radius 3 is 0.911 bits per heavy atom. The number of carbonyl (C=O) groups is 7. The second-order valence-corrected chi connectivity index (χ2v) is 17.0. The number of nitrogens with one attached hydrogen (secondary N) is 6. The maximum atomic E-state index is 13.8. The molecule has 5 amide bonds. The maximum absolute atomic E-state index is 13.8. The van der Waals surface area contributed by atoms with Crippen LogP contribution in [0.1, 0.15) is 122 Å². The highest BCUT2D eigenvalue weighted by atomic mass is 19.4. The lowest BCUT2D eigenvalue weighted by Gasteiger charge is -2.29. The van der Waals surface area contributed by atoms with E-state index in [1.54, 1.807) is 0 Å². The van der Waals surface area contributed by atoms with Gasteiger partial charge in [0.25, 0.3) is 0 Å². The summed E-state index contributed by atoms with van der Waals surface area (Å²) in [4.78, 5) is 96.5. The molecule has 0 aromatic heterocycles. The largest absolute Gasteiger partial charge is 0.490 e. The van der Waals surface area contributed by atoms with Gasteiger partial charge in [-0.15, -0.1) is 5.48 Å². The minimum atomic E-state index is -5.08. The monoisotopic (exact) mass is 808 g/mol. The normalized spacial score (nSPS) is 24.0. The van der Waals surface area contributed by atoms with Crippen molar-refractivity contribution in [1.82, 2.24) is 32.1 Å². The van der Waals surface area contributed by atoms with Crippen LogP contribution in [0.5, 0.6) is 0 Å². The van der Waals surface area contributed by atoms with Crippen LogP contribution in [0.2, 0.25) is 0 Å². The summed E-state index contributed by atoms with van der Waals surface area (Å²) in [7, 11) is 0. The number of carbonyl (C=O) groups excluding carboxylic acids is 6. The van der Waals surface area contributed by atoms with Crippen LogP contribution in [0.15, 0.2) is 0 Å². The van der Waals surface area contributed by atoms with E-state index in [-0.39, 0.29) is 61.2 Å². The molecular formula is C38H67F3N6O9. The first kappa shape index (κ1) is 52.0. The minimum absolute atomic E-state index is 0.00712. The zero-order chi connectivity index (χ0) is 43.7. The Morgan fingerprint density at radius 2 is 0.679 bits per heavy atom. The van der Waals surface area contributed by atoms with Gasteiger partial charge in [0.1, 0.15) is 36.3 Å². The first-order valence-electron chi connectivity index (χ1n) is 19.4. The average Bonchev–Trinajstić information content (AvgIpc) is 3.02. The third-order valence-electron chi connectivity index (χ3n) is 8.24. The molecule has 6 atom stereocenters. The van der Waals surface area contributed by atoms with Gasteiger partial charge < -0.3 is 36.5 Å². The molecule has 0 saturated carbocycles. The molecule has 15 nitrogen and oxygen atoms in total. The summed E-state index contributed by atoms with van der Waals surface area (Å²) in [6.07, 6.45) is -3.41. The van der Waals surface area contributed by atoms with E-state index in [1.165, 1.54) is 0 Å². The quantitative estimate of drug-likeness (QED) is 0.151. The van der Waals surface area contributed by atoms with E-state index in [4.69, 9.17) is 14.7 Å². The lowest BCUT2D eigenvalue weighted by Crippen LogP contribution is -2.59. The highest BCUT2D eigenvalue weighted by molar-refractivity contribution is 5.96. The summed E-state index contributed by atoms with van der Waals surface area (Å²) in [5, 5.41) is 21.2. The molecule has 1 aliphatic rings. The van der Waals surface area contributed by atoms with Crippen LogP contribution in [-0.4, -0.2) is 89.0 Å². The lowest BCUT2D eigenvalue weighted by atomic mass is 9.97. The fraction of sp³-hybridized carbons (Fsp3) is 0.816. The third kappa shape index (κ3) is 21.4. The zero-order valence-corrected chi connectivity index (χ0v) is 35.0. The van der Waals surface area contributed by atoms with Crippen LogP contribution >= 0.6 is 0 Å². The van der Waals surface area contributed by atoms with Gasteiger partial charge in [-0.25, -0.2) is 9.59 Å². The van der Waals surface area contributed by atoms with Crippen molar-refractivity contribution in [3.05, 3.63) is 0 Å². The Morgan fingerprint density at radius 1 is 0.482 bits per heavy atom. The summed E-state index contributed by atoms with van der Waals surface area (Å²) in [5.74, 6) is -6.19. The number of alkyl halides is 3. The Hall–Kier alpha value is -3.96. The van der Waals surface area contributed by atoms with E-state index < -0.39 is 83.9 Å². The van der Waals surface area contributed by atoms with E-state index in [0.717, 1.165) is 0 Å². The zero-order valence-electron chi connectivity index (χ0n) is 35.0. The molecule has 18 heteroatoms. The summed E-state index contributed by atoms with van der Waals surface area (Å²) in [5.41, 5.74) is 2.61. The van der Waals surface area contributed by atoms with Gasteiger partial charge in [0.05, 0.1) is 0 Å². The maximum Gasteiger partial charge on any atom is 0.490 e. The van der Waals surface area contributed by atoms with Crippen molar-refractivity contribution in [2.24, 2.45) is 35.5 Å². The van der Waals surface area contributed by atoms with Crippen molar-refractivity contribution in [2.45, 2.75) is 164 Å². The Kier molecular flexibility index (Phi) is 22.9. The van der Waals surface area contributed by atoms with Crippen molar-refractivity contribution < 1.29 is 56.7 Å². The number of rotatable bonds is 12. The van der Waals surface area contributed by atoms with Gasteiger partial charge >= 0.3 is 18.1 Å². The van der Waals surface area contributed by atoms with Gasteiger partial charge in [-0.05, 0) is 74.0 Å². The standard InChI is InChI=1S/C36H66N6O7.C2HF3O2/c1-19(2)13-25-31(43)37-26(14-20(3)4)32(44)39-28(16-22(7)8)34(46)41-30(18-24(11)12)36(48)49-42-29(17-23(9)10)35(47)40-27(15-21(5)6)33(45)38-25;3-2(4,5)1(6)7/h19-30,42H,13-18H2,1-12H3,(H,37,43)(H,38,45)(H,39,44)(H,40,47)(H,41,46);(H,6,7)/t25-,26-,27-,28-,29-,30-;/m0./s1. The topological polar surface area (TPSA) is 221 Å². The molecule has 0 unspecified atom stereocenters. The average molecular weight is 809 g/mol. The molecule has 56 heavy (non-hydrogen) atoms. The van der Waals surface area contributed by atoms with Crippen molar-refractivity contribution in [3.63, 3.8) is 0 Å². The van der Waals surface area contributed by atoms with Crippen molar-refractivity contribution in [1.29, 1.82) is 0 Å². The summed E-state index contributed by atoms with van der Waals surface area (Å²) in [6.45, 7) is 23.0. The fourth-order valence-electron chi connectivity index (χ4n) is 5.74. The molecule has 7 N–H and O–H groups in total. The second kappa shape index (κ2) is 24.6. The molecule has 0 aliphatic carbocycles. The molecule has 0 aromatic rings. The number of aliphatic carboxylic acids is 1. The number of hydrogen-bond acceptors (Lipinski definition) is 9. The van der Waals surface area contributed by atoms with E-state index >= 15 is 0 Å². The van der Waals surface area contributed by atoms with Crippen molar-refractivity contribution in [3.8, 4) is 0 Å². The number of hydrogen-bond donors (Lipinski definition) is 7. The van der Waals surface area contributed by atoms with Crippen LogP contribution < -0.4 is 32.1 Å². The predicted molar refractivity (Wildman–Crippen MR) is 203 cm³/mol. The SMILES string of the molecule is CC(C)C[C@@H]1NOC(=O)[C@H](CC(C)C)NC(=O)[C@H](CC(C)C)NC(=O)[C@H](CC(C)C)NC(=O)[C@H](CC(C)C)NC(=O)[C@H](CC(C)C)NC1=O.O=C(O)C(F)(F)F. The van der Waals surface area contributed by atoms with Crippen molar-refractivity contribution in [2.75, 3.05) is 0 Å². The number of hydroxylamine groups is 1. The molecule has 0 radical (unpaired) electrons. The molecule has 1 aliphatic heterocycles. The van der Waals surface area contributed by atoms with Crippen LogP contribution in [-0.2, 0) is 38.4 Å². The minimum Gasteiger partial charge on any atom is -0.475 e. The van der Waals surface area contributed by atoms with Gasteiger partial charge in [-0.3, -0.25) is 24.0 Å². The van der Waals surface area contributed by atoms with Gasteiger partial charge in [-0.1, -0.05) is 83.1 Å². The van der Waals surface area contributed by atoms with Crippen LogP contribution in [0.25, 0.3) is 0 Å². The van der Waals surface area contributed by atoms with Gasteiger partial charge in [-0.2, -0.15) is 13.2 Å². The molecule has 1 fully saturated rings. The molecular weight excluding hydrogens is 741 g/mol. The first-order chi connectivity index (χ1) is 25.6. The Balaban J connectivity index is 0.00000392. The second-order valence-electron chi connectivity index (χ2n) is 17.0. The number of carboxylic acids is 1. The molecule has 324 valence electrons. The van der Waals surface area contributed by atoms with E-state index in [2.05, 4.69) is 32.1 Å². The summed E-state index contributed by atoms with van der Waals surface area (Å²) < 4.78 is 31.7. The van der Waals surface area contributed by atoms with E-state index in [0.29, 0.717) is 12.8 Å². The predicted octanol–water partition coefficient (Wildman–Crippen LogP) is 3.75. The highest BCUT2D eigenvalue weighted by Gasteiger charge is 2.38. The lowest BCUT2D eigenvalue weighted by molar-refractivity contribution is -0.192. The fourth-order valence-corrected chi connectivity index (χ4v) is 5.74. The van der Waals surface area contributed by atoms with Gasteiger partial charge in [0.15, 0.2) is 0 Å². The molecule has 1 saturated heterocycles. The summed E-state index contributed by atoms with van der Waals surface area (Å²) >= 11 is 0. The van der Waals surface area contributed by atoms with E-state index in [1.807, 2.05) is 83.1 Å². The summed E-state index contributed by atoms with van der Waals surface area (Å²) in [6, 6.07) is -6.03. The molecule has 1 heterocycles. The highest BCUT2D eigenvalue weighted by Crippen LogP contribution is 2.16. The number of carboxylic acid groups (broad SMARTS) is 1. The Bertz CT molecular complexity index is 1310. The van der Waals surface area contributed by atoms with Gasteiger partial charge in [0.2, 0.25) is 29.5 Å². The molecule has 0 bridgehead atoms. The smallest absolute Gasteiger partial charge is 0.475 e. The third-order valence-corrected chi connectivity index (χ3v) is 8.24. The first-order valence-corrected chi connectivity index (χ1v) is 19.4. The number of halogens is 3. The molecule has 0 spiro atoms. The van der Waals surface area contributed by atoms with Crippen LogP contribution in [0.4, 0.5) is 13.2 Å². The van der Waals surface area contributed by atoms with Crippen LogP contribution in [0.3, 0.4) is 0 Å². The molecule has 1 rings (SSSR count). The molecule has 0 aromatic carbocycles. The number of amides is 5.